The van der Waals surface area contributed by atoms with Crippen molar-refractivity contribution in [2.24, 2.45) is 0 Å². The number of benzene rings is 3. The van der Waals surface area contributed by atoms with Crippen LogP contribution in [0.2, 0.25) is 5.02 Å². The van der Waals surface area contributed by atoms with Crippen LogP contribution in [0.1, 0.15) is 24.1 Å². The number of nitrogens with one attached hydrogen (secondary N) is 2. The first-order valence-electron chi connectivity index (χ1n) is 9.62. The highest BCUT2D eigenvalue weighted by molar-refractivity contribution is 7.89. The van der Waals surface area contributed by atoms with Crippen molar-refractivity contribution >= 4 is 27.5 Å². The Morgan fingerprint density at radius 2 is 1.58 bits per heavy atom. The molecule has 162 valence electrons. The van der Waals surface area contributed by atoms with Gasteiger partial charge in [-0.1, -0.05) is 54.1 Å². The van der Waals surface area contributed by atoms with Gasteiger partial charge in [0.25, 0.3) is 0 Å². The SMILES string of the molecule is C[C@@H](NC(=O)[C@@H](Cc1ccccc1)NS(=O)(=O)c1ccc(F)cc1)c1ccc(Cl)cc1. The number of rotatable bonds is 8. The number of sulfonamides is 1. The summed E-state index contributed by atoms with van der Waals surface area (Å²) < 4.78 is 41.3. The van der Waals surface area contributed by atoms with Crippen molar-refractivity contribution in [2.45, 2.75) is 30.3 Å². The maximum absolute atomic E-state index is 13.2. The molecule has 5 nitrogen and oxygen atoms in total. The number of carbonyl (C=O) groups is 1. The molecule has 3 aromatic carbocycles. The maximum Gasteiger partial charge on any atom is 0.241 e. The fraction of sp³-hybridized carbons (Fsp3) is 0.174. The molecule has 0 aliphatic carbocycles. The summed E-state index contributed by atoms with van der Waals surface area (Å²) in [5.41, 5.74) is 1.63. The molecule has 0 bridgehead atoms. The van der Waals surface area contributed by atoms with E-state index < -0.39 is 27.8 Å². The smallest absolute Gasteiger partial charge is 0.241 e. The molecule has 3 rings (SSSR count). The minimum Gasteiger partial charge on any atom is -0.348 e. The molecule has 0 aliphatic heterocycles. The van der Waals surface area contributed by atoms with Crippen LogP contribution in [-0.2, 0) is 21.2 Å². The van der Waals surface area contributed by atoms with Gasteiger partial charge in [0.05, 0.1) is 10.9 Å². The lowest BCUT2D eigenvalue weighted by molar-refractivity contribution is -0.123. The predicted molar refractivity (Wildman–Crippen MR) is 119 cm³/mol. The largest absolute Gasteiger partial charge is 0.348 e. The molecule has 0 aromatic heterocycles. The molecular formula is C23H22ClFN2O3S. The van der Waals surface area contributed by atoms with Gasteiger partial charge < -0.3 is 5.32 Å². The van der Waals surface area contributed by atoms with E-state index in [2.05, 4.69) is 10.0 Å². The first-order chi connectivity index (χ1) is 14.7. The van der Waals surface area contributed by atoms with Crippen molar-refractivity contribution in [3.8, 4) is 0 Å². The molecule has 0 radical (unpaired) electrons. The second kappa shape index (κ2) is 10.0. The van der Waals surface area contributed by atoms with Crippen LogP contribution in [0.3, 0.4) is 0 Å². The summed E-state index contributed by atoms with van der Waals surface area (Å²) in [6.45, 7) is 1.80. The third kappa shape index (κ3) is 6.37. The summed E-state index contributed by atoms with van der Waals surface area (Å²) >= 11 is 5.92. The van der Waals surface area contributed by atoms with Crippen molar-refractivity contribution < 1.29 is 17.6 Å². The zero-order chi connectivity index (χ0) is 22.4. The molecule has 2 atom stereocenters. The van der Waals surface area contributed by atoms with Gasteiger partial charge in [0, 0.05) is 5.02 Å². The molecule has 0 spiro atoms. The Morgan fingerprint density at radius 1 is 0.968 bits per heavy atom. The van der Waals surface area contributed by atoms with Gasteiger partial charge in [0.2, 0.25) is 15.9 Å². The van der Waals surface area contributed by atoms with Crippen molar-refractivity contribution in [1.82, 2.24) is 10.0 Å². The van der Waals surface area contributed by atoms with E-state index in [-0.39, 0.29) is 17.4 Å². The Kier molecular flexibility index (Phi) is 7.43. The molecule has 1 amide bonds. The van der Waals surface area contributed by atoms with Gasteiger partial charge in [-0.25, -0.2) is 12.8 Å². The average Bonchev–Trinajstić information content (AvgIpc) is 2.74. The topological polar surface area (TPSA) is 75.3 Å². The zero-order valence-corrected chi connectivity index (χ0v) is 18.3. The third-order valence-corrected chi connectivity index (χ3v) is 6.49. The number of hydrogen-bond donors (Lipinski definition) is 2. The Hall–Kier alpha value is -2.74. The number of carbonyl (C=O) groups excluding carboxylic acids is 1. The molecule has 31 heavy (non-hydrogen) atoms. The highest BCUT2D eigenvalue weighted by Crippen LogP contribution is 2.17. The monoisotopic (exact) mass is 460 g/mol. The van der Waals surface area contributed by atoms with Crippen molar-refractivity contribution in [3.63, 3.8) is 0 Å². The second-order valence-corrected chi connectivity index (χ2v) is 9.25. The van der Waals surface area contributed by atoms with Crippen LogP contribution < -0.4 is 10.0 Å². The van der Waals surface area contributed by atoms with Crippen LogP contribution >= 0.6 is 11.6 Å². The molecule has 0 aliphatic rings. The highest BCUT2D eigenvalue weighted by Gasteiger charge is 2.27. The molecule has 0 unspecified atom stereocenters. The van der Waals surface area contributed by atoms with Crippen LogP contribution in [0.15, 0.2) is 83.8 Å². The van der Waals surface area contributed by atoms with Gasteiger partial charge >= 0.3 is 0 Å². The Balaban J connectivity index is 1.82. The van der Waals surface area contributed by atoms with Gasteiger partial charge in [-0.3, -0.25) is 4.79 Å². The summed E-state index contributed by atoms with van der Waals surface area (Å²) in [7, 11) is -4.04. The minimum atomic E-state index is -4.04. The Bertz CT molecular complexity index is 1120. The lowest BCUT2D eigenvalue weighted by Crippen LogP contribution is -2.48. The van der Waals surface area contributed by atoms with Crippen LogP contribution in [0.4, 0.5) is 4.39 Å². The molecule has 0 fully saturated rings. The van der Waals surface area contributed by atoms with E-state index in [1.165, 1.54) is 0 Å². The fourth-order valence-corrected chi connectivity index (χ4v) is 4.38. The van der Waals surface area contributed by atoms with E-state index in [0.29, 0.717) is 5.02 Å². The van der Waals surface area contributed by atoms with Gasteiger partial charge in [-0.15, -0.1) is 0 Å². The van der Waals surface area contributed by atoms with E-state index in [9.17, 15) is 17.6 Å². The van der Waals surface area contributed by atoms with Gasteiger partial charge in [-0.2, -0.15) is 4.72 Å². The number of halogens is 2. The maximum atomic E-state index is 13.2. The molecular weight excluding hydrogens is 439 g/mol. The van der Waals surface area contributed by atoms with Crippen molar-refractivity contribution in [1.29, 1.82) is 0 Å². The van der Waals surface area contributed by atoms with Crippen LogP contribution in [0, 0.1) is 5.82 Å². The van der Waals surface area contributed by atoms with E-state index in [1.54, 1.807) is 31.2 Å². The first-order valence-corrected chi connectivity index (χ1v) is 11.5. The summed E-state index contributed by atoms with van der Waals surface area (Å²) in [6.07, 6.45) is 0.153. The van der Waals surface area contributed by atoms with E-state index in [0.717, 1.165) is 35.4 Å². The third-order valence-electron chi connectivity index (χ3n) is 4.75. The Labute approximate surface area is 186 Å². The van der Waals surface area contributed by atoms with E-state index in [4.69, 9.17) is 11.6 Å². The quantitative estimate of drug-likeness (QED) is 0.527. The number of hydrogen-bond acceptors (Lipinski definition) is 3. The van der Waals surface area contributed by atoms with Gasteiger partial charge in [-0.05, 0) is 60.9 Å². The lowest BCUT2D eigenvalue weighted by atomic mass is 10.0. The standard InChI is InChI=1S/C23H22ClFN2O3S/c1-16(18-7-9-19(24)10-8-18)26-23(28)22(15-17-5-3-2-4-6-17)27-31(29,30)21-13-11-20(25)12-14-21/h2-14,16,22,27H,15H2,1H3,(H,26,28)/t16-,22-/m1/s1. The molecule has 0 saturated heterocycles. The van der Waals surface area contributed by atoms with E-state index >= 15 is 0 Å². The number of amides is 1. The van der Waals surface area contributed by atoms with Crippen LogP contribution in [0.25, 0.3) is 0 Å². The second-order valence-electron chi connectivity index (χ2n) is 7.10. The van der Waals surface area contributed by atoms with Crippen molar-refractivity contribution in [2.75, 3.05) is 0 Å². The lowest BCUT2D eigenvalue weighted by Gasteiger charge is -2.22. The minimum absolute atomic E-state index is 0.120. The average molecular weight is 461 g/mol. The van der Waals surface area contributed by atoms with Crippen LogP contribution in [-0.4, -0.2) is 20.4 Å². The molecule has 2 N–H and O–H groups in total. The predicted octanol–water partition coefficient (Wildman–Crippen LogP) is 4.25. The normalized spacial score (nSPS) is 13.4. The summed E-state index contributed by atoms with van der Waals surface area (Å²) in [4.78, 5) is 12.9. The summed E-state index contributed by atoms with van der Waals surface area (Å²) in [5.74, 6) is -1.02. The molecule has 8 heteroatoms. The Morgan fingerprint density at radius 3 is 2.19 bits per heavy atom. The van der Waals surface area contributed by atoms with Crippen LogP contribution in [0.5, 0.6) is 0 Å². The molecule has 0 saturated carbocycles. The fourth-order valence-electron chi connectivity index (χ4n) is 3.06. The first kappa shape index (κ1) is 22.9. The summed E-state index contributed by atoms with van der Waals surface area (Å²) in [5, 5.41) is 3.43. The van der Waals surface area contributed by atoms with E-state index in [1.807, 2.05) is 30.3 Å². The highest BCUT2D eigenvalue weighted by atomic mass is 35.5. The zero-order valence-electron chi connectivity index (χ0n) is 16.8. The van der Waals surface area contributed by atoms with Crippen molar-refractivity contribution in [3.05, 3.63) is 101 Å². The molecule has 3 aromatic rings. The molecule has 0 heterocycles. The summed E-state index contributed by atoms with van der Waals surface area (Å²) in [6, 6.07) is 19.1. The van der Waals surface area contributed by atoms with Gasteiger partial charge in [0.1, 0.15) is 11.9 Å². The van der Waals surface area contributed by atoms with Gasteiger partial charge in [0.15, 0.2) is 0 Å².